The number of carboxylic acids is 2. The van der Waals surface area contributed by atoms with Gasteiger partial charge in [0.15, 0.2) is 5.96 Å². The van der Waals surface area contributed by atoms with Gasteiger partial charge in [0, 0.05) is 6.54 Å². The van der Waals surface area contributed by atoms with Crippen LogP contribution in [0, 0.1) is 0 Å². The van der Waals surface area contributed by atoms with Crippen LogP contribution >= 0.6 is 0 Å². The summed E-state index contributed by atoms with van der Waals surface area (Å²) >= 11 is 0. The second kappa shape index (κ2) is 14.2. The molecule has 16 heteroatoms. The summed E-state index contributed by atoms with van der Waals surface area (Å²) in [5.41, 5.74) is 20.9. The third-order valence-electron chi connectivity index (χ3n) is 4.02. The van der Waals surface area contributed by atoms with Crippen LogP contribution in [0.4, 0.5) is 0 Å². The molecule has 0 aliphatic heterocycles. The fourth-order valence-electron chi connectivity index (χ4n) is 2.41. The molecule has 0 heterocycles. The number of aliphatic carboxylic acids is 2. The molecule has 0 spiro atoms. The fourth-order valence-corrected chi connectivity index (χ4v) is 2.41. The molecule has 0 aromatic carbocycles. The molecule has 0 aliphatic rings. The Bertz CT molecular complexity index is 781. The molecule has 0 aliphatic carbocycles. The summed E-state index contributed by atoms with van der Waals surface area (Å²) < 4.78 is 0. The molecule has 33 heavy (non-hydrogen) atoms. The minimum Gasteiger partial charge on any atom is -0.481 e. The van der Waals surface area contributed by atoms with Gasteiger partial charge in [-0.25, -0.2) is 4.79 Å². The monoisotopic (exact) mass is 474 g/mol. The number of primary amides is 1. The molecule has 13 N–H and O–H groups in total. The Morgan fingerprint density at radius 2 is 1.33 bits per heavy atom. The number of hydrogen-bond acceptors (Lipinski definition) is 8. The standard InChI is InChI=1S/C17H30N8O8/c1-7(18)13(29)23-8(3-2-4-22-17(20)21)14(30)24-9(6-12(27)28)15(31)25-10(16(32)33)5-11(19)26/h7-10H,2-6,18H2,1H3,(H2,19,26)(H,23,29)(H,24,30)(H,25,31)(H,27,28)(H,32,33)(H4,20,21,22). The first kappa shape index (κ1) is 29.0. The minimum atomic E-state index is -1.74. The molecule has 0 radical (unpaired) electrons. The maximum atomic E-state index is 12.7. The van der Waals surface area contributed by atoms with Crippen LogP contribution in [0.5, 0.6) is 0 Å². The Morgan fingerprint density at radius 3 is 1.79 bits per heavy atom. The number of carbonyl (C=O) groups excluding carboxylic acids is 4. The molecule has 0 aromatic rings. The number of amides is 4. The van der Waals surface area contributed by atoms with Gasteiger partial charge in [0.1, 0.15) is 18.1 Å². The lowest BCUT2D eigenvalue weighted by molar-refractivity contribution is -0.144. The molecule has 0 aromatic heterocycles. The average Bonchev–Trinajstić information content (AvgIpc) is 2.67. The zero-order valence-electron chi connectivity index (χ0n) is 17.9. The molecule has 16 nitrogen and oxygen atoms in total. The molecule has 4 atom stereocenters. The van der Waals surface area contributed by atoms with Gasteiger partial charge < -0.3 is 49.1 Å². The van der Waals surface area contributed by atoms with Gasteiger partial charge in [0.25, 0.3) is 0 Å². The van der Waals surface area contributed by atoms with E-state index in [2.05, 4.69) is 15.6 Å². The average molecular weight is 474 g/mol. The lowest BCUT2D eigenvalue weighted by Gasteiger charge is -2.24. The van der Waals surface area contributed by atoms with E-state index in [9.17, 15) is 28.8 Å². The van der Waals surface area contributed by atoms with Crippen molar-refractivity contribution in [3.8, 4) is 0 Å². The highest BCUT2D eigenvalue weighted by molar-refractivity contribution is 5.96. The molecule has 0 fully saturated rings. The molecule has 4 unspecified atom stereocenters. The maximum Gasteiger partial charge on any atom is 0.326 e. The summed E-state index contributed by atoms with van der Waals surface area (Å²) in [4.78, 5) is 74.2. The van der Waals surface area contributed by atoms with Crippen LogP contribution in [0.3, 0.4) is 0 Å². The lowest BCUT2D eigenvalue weighted by atomic mass is 10.1. The first-order chi connectivity index (χ1) is 15.2. The molecule has 0 rings (SSSR count). The van der Waals surface area contributed by atoms with Gasteiger partial charge >= 0.3 is 11.9 Å². The van der Waals surface area contributed by atoms with Crippen LogP contribution in [0.1, 0.15) is 32.6 Å². The van der Waals surface area contributed by atoms with Gasteiger partial charge in [-0.2, -0.15) is 0 Å². The lowest BCUT2D eigenvalue weighted by Crippen LogP contribution is -2.57. The molecular weight excluding hydrogens is 444 g/mol. The van der Waals surface area contributed by atoms with Crippen molar-refractivity contribution in [3.05, 3.63) is 0 Å². The largest absolute Gasteiger partial charge is 0.481 e. The summed E-state index contributed by atoms with van der Waals surface area (Å²) in [6.07, 6.45) is -1.44. The molecular formula is C17H30N8O8. The minimum absolute atomic E-state index is 0.00189. The number of carboxylic acid groups (broad SMARTS) is 2. The highest BCUT2D eigenvalue weighted by Gasteiger charge is 2.31. The number of guanidine groups is 1. The summed E-state index contributed by atoms with van der Waals surface area (Å²) in [5.74, 6) is -7.10. The van der Waals surface area contributed by atoms with Crippen LogP contribution in [0.25, 0.3) is 0 Å². The van der Waals surface area contributed by atoms with E-state index >= 15 is 0 Å². The first-order valence-electron chi connectivity index (χ1n) is 9.69. The zero-order valence-corrected chi connectivity index (χ0v) is 17.9. The first-order valence-corrected chi connectivity index (χ1v) is 9.69. The summed E-state index contributed by atoms with van der Waals surface area (Å²) in [6.45, 7) is 1.49. The van der Waals surface area contributed by atoms with Crippen molar-refractivity contribution in [2.45, 2.75) is 56.8 Å². The fraction of sp³-hybridized carbons (Fsp3) is 0.588. The molecule has 0 bridgehead atoms. The van der Waals surface area contributed by atoms with Gasteiger partial charge in [-0.1, -0.05) is 0 Å². The van der Waals surface area contributed by atoms with E-state index in [1.807, 2.05) is 5.32 Å². The van der Waals surface area contributed by atoms with Crippen molar-refractivity contribution in [3.63, 3.8) is 0 Å². The van der Waals surface area contributed by atoms with Gasteiger partial charge in [-0.3, -0.25) is 29.0 Å². The highest BCUT2D eigenvalue weighted by atomic mass is 16.4. The summed E-state index contributed by atoms with van der Waals surface area (Å²) in [6, 6.07) is -5.67. The van der Waals surface area contributed by atoms with E-state index < -0.39 is 72.6 Å². The van der Waals surface area contributed by atoms with Gasteiger partial charge in [-0.05, 0) is 19.8 Å². The third-order valence-corrected chi connectivity index (χ3v) is 4.02. The van der Waals surface area contributed by atoms with E-state index in [0.717, 1.165) is 0 Å². The number of nitrogens with two attached hydrogens (primary N) is 4. The van der Waals surface area contributed by atoms with Crippen LogP contribution in [-0.2, 0) is 28.8 Å². The predicted octanol–water partition coefficient (Wildman–Crippen LogP) is -4.72. The number of hydrogen-bond donors (Lipinski definition) is 9. The van der Waals surface area contributed by atoms with Crippen LogP contribution < -0.4 is 38.9 Å². The Morgan fingerprint density at radius 1 is 0.818 bits per heavy atom. The van der Waals surface area contributed by atoms with E-state index in [1.54, 1.807) is 0 Å². The van der Waals surface area contributed by atoms with E-state index in [1.165, 1.54) is 6.92 Å². The summed E-state index contributed by atoms with van der Waals surface area (Å²) in [7, 11) is 0. The number of aliphatic imine (C=N–C) groups is 1. The Kier molecular flexibility index (Phi) is 12.5. The smallest absolute Gasteiger partial charge is 0.326 e. The topological polar surface area (TPSA) is 295 Å². The molecule has 0 saturated carbocycles. The van der Waals surface area contributed by atoms with Gasteiger partial charge in [0.2, 0.25) is 23.6 Å². The number of nitrogens with zero attached hydrogens (tertiary/aromatic N) is 1. The predicted molar refractivity (Wildman–Crippen MR) is 113 cm³/mol. The number of nitrogens with one attached hydrogen (secondary N) is 3. The number of rotatable bonds is 15. The Balaban J connectivity index is 5.51. The third kappa shape index (κ3) is 12.5. The van der Waals surface area contributed by atoms with E-state index in [-0.39, 0.29) is 25.3 Å². The Hall–Kier alpha value is -3.95. The van der Waals surface area contributed by atoms with Crippen molar-refractivity contribution in [2.75, 3.05) is 6.54 Å². The molecule has 186 valence electrons. The van der Waals surface area contributed by atoms with Crippen molar-refractivity contribution < 1.29 is 39.0 Å². The number of carbonyl (C=O) groups is 6. The maximum absolute atomic E-state index is 12.7. The van der Waals surface area contributed by atoms with E-state index in [0.29, 0.717) is 0 Å². The second-order valence-electron chi connectivity index (χ2n) is 7.03. The van der Waals surface area contributed by atoms with Crippen LogP contribution in [-0.4, -0.2) is 82.5 Å². The van der Waals surface area contributed by atoms with Gasteiger partial charge in [0.05, 0.1) is 18.9 Å². The van der Waals surface area contributed by atoms with Crippen molar-refractivity contribution >= 4 is 41.5 Å². The van der Waals surface area contributed by atoms with Crippen LogP contribution in [0.15, 0.2) is 4.99 Å². The Labute approximate surface area is 188 Å². The molecule has 4 amide bonds. The normalized spacial score (nSPS) is 14.0. The molecule has 0 saturated heterocycles. The quantitative estimate of drug-likeness (QED) is 0.0616. The second-order valence-corrected chi connectivity index (χ2v) is 7.03. The van der Waals surface area contributed by atoms with Crippen molar-refractivity contribution in [2.24, 2.45) is 27.9 Å². The highest BCUT2D eigenvalue weighted by Crippen LogP contribution is 2.03. The van der Waals surface area contributed by atoms with Gasteiger partial charge in [-0.15, -0.1) is 0 Å². The zero-order chi connectivity index (χ0) is 25.7. The van der Waals surface area contributed by atoms with Crippen molar-refractivity contribution in [1.82, 2.24) is 16.0 Å². The van der Waals surface area contributed by atoms with Crippen molar-refractivity contribution in [1.29, 1.82) is 0 Å². The SMILES string of the molecule is CC(N)C(=O)NC(CCCN=C(N)N)C(=O)NC(CC(=O)O)C(=O)NC(CC(N)=O)C(=O)O. The van der Waals surface area contributed by atoms with E-state index in [4.69, 9.17) is 33.1 Å². The van der Waals surface area contributed by atoms with Crippen LogP contribution in [0.2, 0.25) is 0 Å². The summed E-state index contributed by atoms with van der Waals surface area (Å²) in [5, 5.41) is 24.6.